The van der Waals surface area contributed by atoms with E-state index in [0.29, 0.717) is 0 Å². The van der Waals surface area contributed by atoms with E-state index in [0.717, 1.165) is 22.5 Å². The van der Waals surface area contributed by atoms with Crippen molar-refractivity contribution in [2.75, 3.05) is 13.2 Å². The summed E-state index contributed by atoms with van der Waals surface area (Å²) in [6, 6.07) is -2.39. The Hall–Kier alpha value is -1.38. The van der Waals surface area contributed by atoms with E-state index in [1.807, 2.05) is 0 Å². The zero-order valence-corrected chi connectivity index (χ0v) is 30.5. The average molecular weight is 734 g/mol. The van der Waals surface area contributed by atoms with Crippen molar-refractivity contribution in [3.05, 3.63) is 0 Å². The number of aliphatic hydroxyl groups excluding tert-OH is 2. The van der Waals surface area contributed by atoms with Crippen molar-refractivity contribution in [2.45, 2.75) is 61.2 Å². The topological polar surface area (TPSA) is 338 Å². The second kappa shape index (κ2) is 14.0. The van der Waals surface area contributed by atoms with Crippen LogP contribution in [0.1, 0.15) is 0 Å². The van der Waals surface area contributed by atoms with Crippen LogP contribution in [0.4, 0.5) is 0 Å². The molecule has 3 saturated heterocycles. The Balaban J connectivity index is 0.00000225. The van der Waals surface area contributed by atoms with Gasteiger partial charge in [0.2, 0.25) is 11.9 Å². The fourth-order valence-corrected chi connectivity index (χ4v) is 7.48. The van der Waals surface area contributed by atoms with Crippen molar-refractivity contribution in [2.24, 2.45) is 20.0 Å². The van der Waals surface area contributed by atoms with Crippen LogP contribution in [0.5, 0.6) is 0 Å². The molecule has 12 unspecified atom stereocenters. The number of carbonyl (C=O) groups is 2. The van der Waals surface area contributed by atoms with E-state index in [2.05, 4.69) is 30.6 Å². The van der Waals surface area contributed by atoms with Gasteiger partial charge in [-0.15, -0.1) is 0 Å². The SMILES string of the molecule is N=C1N=C2C(N=CN2C2OC3COP(=O)([O-])OC4C(COP(=O)([O-])OC3C2O)OC(N2C=NC3C(=O)NC(=N)N=C32)C4O)C(=O)N1.[Na+].[Na+]. The monoisotopic (exact) mass is 734 g/mol. The number of nitrogens with zero attached hydrogens (tertiary/aromatic N) is 6. The van der Waals surface area contributed by atoms with E-state index in [4.69, 9.17) is 38.4 Å². The number of ether oxygens (including phenoxy) is 2. The number of fused-ring (bicyclic) bond motifs is 4. The van der Waals surface area contributed by atoms with Crippen LogP contribution in [-0.2, 0) is 46.3 Å². The van der Waals surface area contributed by atoms with Gasteiger partial charge in [0, 0.05) is 0 Å². The molecule has 0 saturated carbocycles. The van der Waals surface area contributed by atoms with Gasteiger partial charge in [-0.25, -0.2) is 0 Å². The molecule has 0 aliphatic carbocycles. The Morgan fingerprint density at radius 3 is 1.52 bits per heavy atom. The smallest absolute Gasteiger partial charge is 0.756 e. The van der Waals surface area contributed by atoms with Crippen LogP contribution in [0, 0.1) is 10.8 Å². The van der Waals surface area contributed by atoms with E-state index >= 15 is 0 Å². The molecule has 12 atom stereocenters. The van der Waals surface area contributed by atoms with Crippen LogP contribution in [0.3, 0.4) is 0 Å². The van der Waals surface area contributed by atoms with Crippen LogP contribution < -0.4 is 79.5 Å². The molecule has 0 radical (unpaired) electrons. The maximum atomic E-state index is 12.9. The number of amidine groups is 2. The first kappa shape index (κ1) is 37.9. The van der Waals surface area contributed by atoms with E-state index in [1.165, 1.54) is 0 Å². The number of phosphoric ester groups is 2. The third-order valence-electron chi connectivity index (χ3n) is 7.59. The number of phosphoric acid groups is 2. The van der Waals surface area contributed by atoms with Crippen molar-refractivity contribution in [1.82, 2.24) is 20.4 Å². The Bertz CT molecular complexity index is 1520. The Kier molecular flexibility index (Phi) is 11.0. The average Bonchev–Trinajstić information content (AvgIpc) is 3.72. The molecule has 2 amide bonds. The van der Waals surface area contributed by atoms with Crippen LogP contribution >= 0.6 is 15.6 Å². The van der Waals surface area contributed by atoms with Gasteiger partial charge in [0.25, 0.3) is 27.5 Å². The fraction of sp³-hybridized carbons (Fsp3) is 0.600. The molecule has 6 N–H and O–H groups in total. The van der Waals surface area contributed by atoms with Gasteiger partial charge < -0.3 is 47.6 Å². The number of carbonyl (C=O) groups excluding carboxylic acids is 2. The van der Waals surface area contributed by atoms with Gasteiger partial charge in [0.1, 0.15) is 36.6 Å². The number of nitrogens with one attached hydrogen (secondary N) is 4. The van der Waals surface area contributed by atoms with Gasteiger partial charge in [-0.2, -0.15) is 9.98 Å². The largest absolute Gasteiger partial charge is 1.00 e. The molecule has 3 fully saturated rings. The molecule has 7 heterocycles. The summed E-state index contributed by atoms with van der Waals surface area (Å²) in [5, 5.41) is 41.8. The third kappa shape index (κ3) is 6.94. The van der Waals surface area contributed by atoms with E-state index in [9.17, 15) is 38.7 Å². The predicted octanol–water partition coefficient (Wildman–Crippen LogP) is -11.7. The summed E-state index contributed by atoms with van der Waals surface area (Å²) in [4.78, 5) is 68.1. The van der Waals surface area contributed by atoms with Gasteiger partial charge in [0.05, 0.1) is 25.9 Å². The number of guanidine groups is 2. The van der Waals surface area contributed by atoms with Crippen LogP contribution in [0.15, 0.2) is 20.0 Å². The summed E-state index contributed by atoms with van der Waals surface area (Å²) in [5.41, 5.74) is 0. The molecule has 7 aliphatic rings. The van der Waals surface area contributed by atoms with E-state index < -0.39 is 114 Å². The number of hydrogen-bond donors (Lipinski definition) is 6. The zero-order valence-electron chi connectivity index (χ0n) is 24.7. The second-order valence-electron chi connectivity index (χ2n) is 10.5. The first-order valence-corrected chi connectivity index (χ1v) is 16.2. The van der Waals surface area contributed by atoms with Crippen molar-refractivity contribution in [3.8, 4) is 0 Å². The normalized spacial score (nSPS) is 43.7. The van der Waals surface area contributed by atoms with Crippen LogP contribution in [0.25, 0.3) is 0 Å². The van der Waals surface area contributed by atoms with Gasteiger partial charge in [-0.3, -0.25) is 60.0 Å². The van der Waals surface area contributed by atoms with Crippen molar-refractivity contribution in [1.29, 1.82) is 10.8 Å². The fourth-order valence-electron chi connectivity index (χ4n) is 5.58. The van der Waals surface area contributed by atoms with E-state index in [1.54, 1.807) is 0 Å². The van der Waals surface area contributed by atoms with Crippen molar-refractivity contribution >= 4 is 63.7 Å². The Morgan fingerprint density at radius 2 is 1.15 bits per heavy atom. The molecule has 0 spiro atoms. The molecule has 0 bridgehead atoms. The predicted molar refractivity (Wildman–Crippen MR) is 141 cm³/mol. The summed E-state index contributed by atoms with van der Waals surface area (Å²) in [7, 11) is -10.7. The van der Waals surface area contributed by atoms with Gasteiger partial charge in [-0.1, -0.05) is 0 Å². The molecule has 0 aromatic carbocycles. The summed E-state index contributed by atoms with van der Waals surface area (Å²) >= 11 is 0. The van der Waals surface area contributed by atoms with Gasteiger partial charge >= 0.3 is 59.1 Å². The minimum Gasteiger partial charge on any atom is -0.756 e. The molecule has 7 aliphatic heterocycles. The summed E-state index contributed by atoms with van der Waals surface area (Å²) in [6.07, 6.45) is -11.6. The molecular weight excluding hydrogens is 712 g/mol. The quantitative estimate of drug-likeness (QED) is 0.113. The molecule has 28 heteroatoms. The molecule has 0 aromatic rings. The summed E-state index contributed by atoms with van der Waals surface area (Å²) < 4.78 is 57.4. The van der Waals surface area contributed by atoms with Gasteiger partial charge in [-0.05, 0) is 0 Å². The maximum Gasteiger partial charge on any atom is 1.00 e. The number of aliphatic imine (C=N–C) groups is 4. The summed E-state index contributed by atoms with van der Waals surface area (Å²) in [6.45, 7) is -1.94. The first-order valence-electron chi connectivity index (χ1n) is 13.3. The minimum atomic E-state index is -5.37. The number of hydrogen-bond acceptors (Lipinski definition) is 20. The Labute approximate surface area is 312 Å². The first-order chi connectivity index (χ1) is 21.7. The van der Waals surface area contributed by atoms with Gasteiger partial charge in [0.15, 0.2) is 36.2 Å². The van der Waals surface area contributed by atoms with Crippen molar-refractivity contribution in [3.63, 3.8) is 0 Å². The van der Waals surface area contributed by atoms with Crippen LogP contribution in [-0.4, -0.2) is 142 Å². The zero-order chi connectivity index (χ0) is 32.7. The molecule has 248 valence electrons. The standard InChI is InChI=1S/C20H24N10O14P2.2Na/c21-19-25-13-7(15(33)27-19)23-3-29(13)17-9(31)11-5(41-17)1-39-45(35,36)44-12-6(2-40-46(37,38)43-11)42-18(10(12)32)30-4-24-8-14(30)26-20(22)28-16(8)34;;/h3-12,17-18,31-32H,1-2H2,(H,35,36)(H,37,38)(H2,21,27,33)(H2,22,28,34);;/q;2*+1/p-2. The summed E-state index contributed by atoms with van der Waals surface area (Å²) in [5.74, 6) is -2.71. The molecule has 48 heavy (non-hydrogen) atoms. The maximum absolute atomic E-state index is 12.9. The number of amides is 2. The van der Waals surface area contributed by atoms with Crippen LogP contribution in [0.2, 0.25) is 0 Å². The minimum absolute atomic E-state index is 0. The number of aliphatic hydroxyl groups is 2. The second-order valence-corrected chi connectivity index (χ2v) is 13.2. The Morgan fingerprint density at radius 1 is 0.771 bits per heavy atom. The number of rotatable bonds is 2. The molecule has 0 aromatic heterocycles. The molecule has 24 nitrogen and oxygen atoms in total. The van der Waals surface area contributed by atoms with E-state index in [-0.39, 0.29) is 70.8 Å². The third-order valence-corrected chi connectivity index (χ3v) is 9.53. The van der Waals surface area contributed by atoms with Crippen molar-refractivity contribution < 1.29 is 125 Å². The molecule has 7 rings (SSSR count). The molecular formula is C20H22N10Na2O14P2.